The number of imidazole rings is 1. The zero-order valence-corrected chi connectivity index (χ0v) is 16.0. The topological polar surface area (TPSA) is 107 Å². The molecular formula is C17H18ClN3O5S. The molecule has 0 saturated carbocycles. The van der Waals surface area contributed by atoms with Crippen molar-refractivity contribution in [2.45, 2.75) is 25.5 Å². The number of rotatable bonds is 5. The van der Waals surface area contributed by atoms with Crippen LogP contribution >= 0.6 is 11.6 Å². The minimum absolute atomic E-state index is 0.0505. The maximum atomic E-state index is 12.1. The predicted molar refractivity (Wildman–Crippen MR) is 100.0 cm³/mol. The van der Waals surface area contributed by atoms with Gasteiger partial charge in [0, 0.05) is 18.3 Å². The standard InChI is InChI=1S/C17H18ClN3O5S/c1-11(17(23)19-12-7-9-27(24,25)10-12)26-15(22)6-5-13-16(18)20-14-4-2-3-8-21(13)14/h2-6,8,11-12H,7,9-10H2,1H3,(H,19,23)/b6-5+/t11-,12-/m1/s1. The number of carbonyl (C=O) groups excluding carboxylic acids is 2. The largest absolute Gasteiger partial charge is 0.449 e. The van der Waals surface area contributed by atoms with E-state index in [1.54, 1.807) is 22.7 Å². The summed E-state index contributed by atoms with van der Waals surface area (Å²) < 4.78 is 29.6. The van der Waals surface area contributed by atoms with Crippen LogP contribution < -0.4 is 5.32 Å². The fraction of sp³-hybridized carbons (Fsp3) is 0.353. The number of aromatic nitrogens is 2. The van der Waals surface area contributed by atoms with Crippen LogP contribution in [0.2, 0.25) is 5.15 Å². The van der Waals surface area contributed by atoms with Crippen LogP contribution in [0, 0.1) is 0 Å². The van der Waals surface area contributed by atoms with Crippen LogP contribution in [-0.4, -0.2) is 53.3 Å². The lowest BCUT2D eigenvalue weighted by Gasteiger charge is -2.15. The molecule has 1 aliphatic rings. The molecule has 0 spiro atoms. The van der Waals surface area contributed by atoms with Crippen molar-refractivity contribution in [3.05, 3.63) is 41.3 Å². The second-order valence-corrected chi connectivity index (χ2v) is 8.82. The minimum Gasteiger partial charge on any atom is -0.449 e. The number of fused-ring (bicyclic) bond motifs is 1. The first kappa shape index (κ1) is 19.4. The van der Waals surface area contributed by atoms with E-state index in [1.807, 2.05) is 6.07 Å². The van der Waals surface area contributed by atoms with Crippen molar-refractivity contribution in [1.82, 2.24) is 14.7 Å². The molecule has 1 fully saturated rings. The Hall–Kier alpha value is -2.39. The molecule has 1 N–H and O–H groups in total. The summed E-state index contributed by atoms with van der Waals surface area (Å²) in [6, 6.07) is 4.94. The summed E-state index contributed by atoms with van der Waals surface area (Å²) in [5.41, 5.74) is 1.15. The van der Waals surface area contributed by atoms with Crippen LogP contribution in [0.1, 0.15) is 19.0 Å². The average Bonchev–Trinajstić information content (AvgIpc) is 3.10. The van der Waals surface area contributed by atoms with Gasteiger partial charge in [0.05, 0.1) is 17.2 Å². The molecule has 0 aromatic carbocycles. The third-order valence-corrected chi connectivity index (χ3v) is 6.19. The molecule has 27 heavy (non-hydrogen) atoms. The molecule has 144 valence electrons. The fourth-order valence-electron chi connectivity index (χ4n) is 2.78. The van der Waals surface area contributed by atoms with Crippen molar-refractivity contribution in [2.24, 2.45) is 0 Å². The van der Waals surface area contributed by atoms with E-state index < -0.39 is 33.9 Å². The molecule has 1 saturated heterocycles. The number of nitrogens with zero attached hydrogens (tertiary/aromatic N) is 2. The number of ether oxygens (including phenoxy) is 1. The van der Waals surface area contributed by atoms with Crippen molar-refractivity contribution in [2.75, 3.05) is 11.5 Å². The SMILES string of the molecule is C[C@@H](OC(=O)/C=C/c1c(Cl)nc2ccccn12)C(=O)N[C@@H]1CCS(=O)(=O)C1. The highest BCUT2D eigenvalue weighted by molar-refractivity contribution is 7.91. The van der Waals surface area contributed by atoms with Gasteiger partial charge in [-0.1, -0.05) is 17.7 Å². The maximum absolute atomic E-state index is 12.1. The Kier molecular flexibility index (Phi) is 5.52. The zero-order chi connectivity index (χ0) is 19.6. The molecule has 0 unspecified atom stereocenters. The second-order valence-electron chi connectivity index (χ2n) is 6.24. The molecule has 1 aliphatic heterocycles. The molecule has 0 bridgehead atoms. The van der Waals surface area contributed by atoms with E-state index in [2.05, 4.69) is 10.3 Å². The Morgan fingerprint density at radius 2 is 2.22 bits per heavy atom. The van der Waals surface area contributed by atoms with Crippen molar-refractivity contribution in [3.63, 3.8) is 0 Å². The van der Waals surface area contributed by atoms with Crippen LogP contribution in [0.3, 0.4) is 0 Å². The summed E-state index contributed by atoms with van der Waals surface area (Å²) >= 11 is 6.08. The highest BCUT2D eigenvalue weighted by Crippen LogP contribution is 2.19. The molecule has 2 atom stereocenters. The summed E-state index contributed by atoms with van der Waals surface area (Å²) in [4.78, 5) is 28.2. The molecule has 0 aliphatic carbocycles. The fourth-order valence-corrected chi connectivity index (χ4v) is 4.69. The molecule has 3 heterocycles. The lowest BCUT2D eigenvalue weighted by molar-refractivity contribution is -0.150. The molecule has 3 rings (SSSR count). The van der Waals surface area contributed by atoms with E-state index >= 15 is 0 Å². The lowest BCUT2D eigenvalue weighted by Crippen LogP contribution is -2.42. The number of hydrogen-bond donors (Lipinski definition) is 1. The first-order valence-electron chi connectivity index (χ1n) is 8.27. The van der Waals surface area contributed by atoms with Crippen molar-refractivity contribution in [3.8, 4) is 0 Å². The Morgan fingerprint density at radius 1 is 1.44 bits per heavy atom. The number of hydrogen-bond acceptors (Lipinski definition) is 6. The van der Waals surface area contributed by atoms with Gasteiger partial charge in [-0.15, -0.1) is 0 Å². The van der Waals surface area contributed by atoms with Crippen LogP contribution in [0.4, 0.5) is 0 Å². The molecule has 2 aromatic rings. The summed E-state index contributed by atoms with van der Waals surface area (Å²) in [6.07, 6.45) is 3.68. The number of nitrogens with one attached hydrogen (secondary N) is 1. The quantitative estimate of drug-likeness (QED) is 0.586. The number of sulfone groups is 1. The van der Waals surface area contributed by atoms with Crippen molar-refractivity contribution >= 4 is 45.0 Å². The van der Waals surface area contributed by atoms with E-state index in [1.165, 1.54) is 13.0 Å². The highest BCUT2D eigenvalue weighted by atomic mass is 35.5. The van der Waals surface area contributed by atoms with Gasteiger partial charge in [0.2, 0.25) is 0 Å². The van der Waals surface area contributed by atoms with Gasteiger partial charge in [-0.05, 0) is 31.6 Å². The third kappa shape index (κ3) is 4.67. The van der Waals surface area contributed by atoms with Crippen LogP contribution in [0.5, 0.6) is 0 Å². The maximum Gasteiger partial charge on any atom is 0.331 e. The molecule has 1 amide bonds. The van der Waals surface area contributed by atoms with E-state index in [-0.39, 0.29) is 16.7 Å². The number of amides is 1. The smallest absolute Gasteiger partial charge is 0.331 e. The molecule has 0 radical (unpaired) electrons. The molecule has 2 aromatic heterocycles. The van der Waals surface area contributed by atoms with E-state index in [9.17, 15) is 18.0 Å². The number of pyridine rings is 1. The van der Waals surface area contributed by atoms with Gasteiger partial charge in [-0.3, -0.25) is 9.20 Å². The number of carbonyl (C=O) groups is 2. The van der Waals surface area contributed by atoms with Gasteiger partial charge in [-0.2, -0.15) is 0 Å². The molecule has 8 nitrogen and oxygen atoms in total. The van der Waals surface area contributed by atoms with Crippen LogP contribution in [-0.2, 0) is 24.2 Å². The number of halogens is 1. The van der Waals surface area contributed by atoms with Gasteiger partial charge >= 0.3 is 5.97 Å². The Balaban J connectivity index is 1.59. The first-order chi connectivity index (χ1) is 12.7. The molecular weight excluding hydrogens is 394 g/mol. The predicted octanol–water partition coefficient (Wildman–Crippen LogP) is 1.24. The van der Waals surface area contributed by atoms with Gasteiger partial charge in [-0.25, -0.2) is 18.2 Å². The van der Waals surface area contributed by atoms with E-state index in [0.717, 1.165) is 6.08 Å². The Labute approximate surface area is 161 Å². The van der Waals surface area contributed by atoms with Gasteiger partial charge in [0.15, 0.2) is 21.1 Å². The van der Waals surface area contributed by atoms with Gasteiger partial charge < -0.3 is 10.1 Å². The Bertz CT molecular complexity index is 1010. The summed E-state index contributed by atoms with van der Waals surface area (Å²) in [5.74, 6) is -1.30. The molecule has 10 heteroatoms. The second kappa shape index (κ2) is 7.69. The third-order valence-electron chi connectivity index (χ3n) is 4.14. The van der Waals surface area contributed by atoms with Crippen molar-refractivity contribution in [1.29, 1.82) is 0 Å². The Morgan fingerprint density at radius 3 is 2.93 bits per heavy atom. The monoisotopic (exact) mass is 411 g/mol. The number of esters is 1. The highest BCUT2D eigenvalue weighted by Gasteiger charge is 2.30. The van der Waals surface area contributed by atoms with Gasteiger partial charge in [0.25, 0.3) is 5.91 Å². The normalized spacial score (nSPS) is 20.0. The first-order valence-corrected chi connectivity index (χ1v) is 10.5. The minimum atomic E-state index is -3.10. The van der Waals surface area contributed by atoms with Crippen LogP contribution in [0.25, 0.3) is 11.7 Å². The van der Waals surface area contributed by atoms with E-state index in [4.69, 9.17) is 16.3 Å². The van der Waals surface area contributed by atoms with E-state index in [0.29, 0.717) is 17.8 Å². The van der Waals surface area contributed by atoms with Crippen LogP contribution in [0.15, 0.2) is 30.5 Å². The van der Waals surface area contributed by atoms with Gasteiger partial charge in [0.1, 0.15) is 5.65 Å². The average molecular weight is 412 g/mol. The summed E-state index contributed by atoms with van der Waals surface area (Å²) in [6.45, 7) is 1.42. The summed E-state index contributed by atoms with van der Waals surface area (Å²) in [7, 11) is -3.10. The summed E-state index contributed by atoms with van der Waals surface area (Å²) in [5, 5.41) is 2.82. The zero-order valence-electron chi connectivity index (χ0n) is 14.5. The lowest BCUT2D eigenvalue weighted by atomic mass is 10.2. The van der Waals surface area contributed by atoms with Crippen molar-refractivity contribution < 1.29 is 22.7 Å².